The molecule has 2 aromatic rings. The molecule has 1 aliphatic carbocycles. The van der Waals surface area contributed by atoms with E-state index in [0.29, 0.717) is 18.7 Å². The van der Waals surface area contributed by atoms with Crippen LogP contribution in [-0.4, -0.2) is 38.3 Å². The van der Waals surface area contributed by atoms with Crippen LogP contribution >= 0.6 is 0 Å². The van der Waals surface area contributed by atoms with Crippen molar-refractivity contribution in [2.45, 2.75) is 49.5 Å². The van der Waals surface area contributed by atoms with Gasteiger partial charge in [-0.15, -0.1) is 0 Å². The molecule has 6 nitrogen and oxygen atoms in total. The maximum Gasteiger partial charge on any atom is 0.243 e. The van der Waals surface area contributed by atoms with Crippen molar-refractivity contribution in [1.29, 1.82) is 0 Å². The highest BCUT2D eigenvalue weighted by molar-refractivity contribution is 7.89. The lowest BCUT2D eigenvalue weighted by Crippen LogP contribution is -2.38. The van der Waals surface area contributed by atoms with Gasteiger partial charge < -0.3 is 10.1 Å². The van der Waals surface area contributed by atoms with Crippen LogP contribution in [0.4, 0.5) is 5.69 Å². The Morgan fingerprint density at radius 2 is 1.73 bits per heavy atom. The maximum absolute atomic E-state index is 13.0. The molecule has 2 aromatic carbocycles. The van der Waals surface area contributed by atoms with Crippen LogP contribution in [-0.2, 0) is 21.2 Å². The largest absolute Gasteiger partial charge is 0.492 e. The Morgan fingerprint density at radius 1 is 1.03 bits per heavy atom. The summed E-state index contributed by atoms with van der Waals surface area (Å²) >= 11 is 0. The number of nitrogens with one attached hydrogen (secondary N) is 1. The van der Waals surface area contributed by atoms with Crippen molar-refractivity contribution in [3.05, 3.63) is 54.1 Å². The first-order valence-corrected chi connectivity index (χ1v) is 12.0. The summed E-state index contributed by atoms with van der Waals surface area (Å²) in [6.07, 6.45) is 5.78. The van der Waals surface area contributed by atoms with Gasteiger partial charge in [-0.05, 0) is 55.2 Å². The van der Waals surface area contributed by atoms with Crippen LogP contribution in [0.3, 0.4) is 0 Å². The summed E-state index contributed by atoms with van der Waals surface area (Å²) in [6, 6.07) is 14.2. The fourth-order valence-corrected chi connectivity index (χ4v) is 5.67. The second kappa shape index (κ2) is 8.78. The van der Waals surface area contributed by atoms with E-state index < -0.39 is 10.0 Å². The van der Waals surface area contributed by atoms with Crippen molar-refractivity contribution < 1.29 is 17.9 Å². The Balaban J connectivity index is 1.40. The van der Waals surface area contributed by atoms with E-state index in [2.05, 4.69) is 5.32 Å². The van der Waals surface area contributed by atoms with Crippen molar-refractivity contribution >= 4 is 21.6 Å². The van der Waals surface area contributed by atoms with Gasteiger partial charge in [0, 0.05) is 18.8 Å². The number of ether oxygens (including phenoxy) is 1. The zero-order valence-electron chi connectivity index (χ0n) is 17.2. The van der Waals surface area contributed by atoms with Gasteiger partial charge in [0.25, 0.3) is 0 Å². The van der Waals surface area contributed by atoms with Gasteiger partial charge in [-0.3, -0.25) is 4.79 Å². The molecule has 0 bridgehead atoms. The lowest BCUT2D eigenvalue weighted by Gasteiger charge is -2.30. The van der Waals surface area contributed by atoms with Gasteiger partial charge in [0.05, 0.1) is 10.8 Å². The second-order valence-corrected chi connectivity index (χ2v) is 10.1. The molecule has 1 amide bonds. The predicted molar refractivity (Wildman–Crippen MR) is 116 cm³/mol. The van der Waals surface area contributed by atoms with Crippen LogP contribution in [0.15, 0.2) is 53.4 Å². The third-order valence-corrected chi connectivity index (χ3v) is 8.06. The second-order valence-electron chi connectivity index (χ2n) is 8.15. The van der Waals surface area contributed by atoms with Gasteiger partial charge in [0.15, 0.2) is 0 Å². The van der Waals surface area contributed by atoms with E-state index in [-0.39, 0.29) is 22.8 Å². The number of hydrogen-bond acceptors (Lipinski definition) is 4. The fraction of sp³-hybridized carbons (Fsp3) is 0.435. The Bertz CT molecular complexity index is 998. The van der Waals surface area contributed by atoms with Crippen LogP contribution in [0, 0.1) is 5.92 Å². The van der Waals surface area contributed by atoms with Crippen LogP contribution in [0.2, 0.25) is 0 Å². The molecular weight excluding hydrogens is 400 g/mol. The summed E-state index contributed by atoms with van der Waals surface area (Å²) in [7, 11) is -1.87. The molecule has 1 aliphatic heterocycles. The minimum Gasteiger partial charge on any atom is -0.492 e. The van der Waals surface area contributed by atoms with E-state index in [1.165, 1.54) is 10.7 Å². The van der Waals surface area contributed by atoms with Gasteiger partial charge in [0.2, 0.25) is 15.9 Å². The maximum atomic E-state index is 13.0. The molecule has 0 radical (unpaired) electrons. The summed E-state index contributed by atoms with van der Waals surface area (Å²) in [5.41, 5.74) is 1.61. The van der Waals surface area contributed by atoms with Gasteiger partial charge >= 0.3 is 0 Å². The number of hydrogen-bond donors (Lipinski definition) is 1. The first-order chi connectivity index (χ1) is 14.4. The zero-order valence-corrected chi connectivity index (χ0v) is 18.0. The van der Waals surface area contributed by atoms with Gasteiger partial charge in [0.1, 0.15) is 12.4 Å². The average molecular weight is 429 g/mol. The van der Waals surface area contributed by atoms with Gasteiger partial charge in [-0.2, -0.15) is 4.31 Å². The quantitative estimate of drug-likeness (QED) is 0.785. The van der Waals surface area contributed by atoms with Crippen LogP contribution in [0.5, 0.6) is 5.75 Å². The van der Waals surface area contributed by atoms with Crippen molar-refractivity contribution in [2.75, 3.05) is 19.0 Å². The minimum atomic E-state index is -3.54. The number of para-hydroxylation sites is 1. The Labute approximate surface area is 178 Å². The van der Waals surface area contributed by atoms with Crippen LogP contribution in [0.1, 0.15) is 37.7 Å². The summed E-state index contributed by atoms with van der Waals surface area (Å²) in [5, 5.41) is 2.89. The number of anilines is 1. The molecule has 1 atom stereocenters. The van der Waals surface area contributed by atoms with Crippen molar-refractivity contribution in [2.24, 2.45) is 5.92 Å². The predicted octanol–water partition coefficient (Wildman–Crippen LogP) is 3.83. The number of amides is 1. The third-order valence-electron chi connectivity index (χ3n) is 6.14. The summed E-state index contributed by atoms with van der Waals surface area (Å²) in [5.74, 6) is 0.429. The standard InChI is InChI=1S/C23H28N2O4S/c1-25(20-8-3-2-4-9-20)30(27,28)21-13-11-19(12-14-21)24-23(26)18-15-17-7-5-6-10-22(17)29-16-18/h5-7,10-14,18,20H,2-4,8-9,15-16H2,1H3,(H,24,26)/t18-/m0/s1. The van der Waals surface area contributed by atoms with E-state index in [0.717, 1.165) is 37.0 Å². The van der Waals surface area contributed by atoms with Gasteiger partial charge in [-0.1, -0.05) is 37.5 Å². The normalized spacial score (nSPS) is 19.7. The fourth-order valence-electron chi connectivity index (χ4n) is 4.26. The van der Waals surface area contributed by atoms with E-state index in [1.54, 1.807) is 31.3 Å². The highest BCUT2D eigenvalue weighted by Crippen LogP contribution is 2.29. The Hall–Kier alpha value is -2.38. The molecule has 1 saturated carbocycles. The first kappa shape index (κ1) is 20.9. The number of benzene rings is 2. The SMILES string of the molecule is CN(C1CCCCC1)S(=O)(=O)c1ccc(NC(=O)[C@@H]2COc3ccccc3C2)cc1. The van der Waals surface area contributed by atoms with E-state index in [1.807, 2.05) is 24.3 Å². The molecule has 7 heteroatoms. The number of carbonyl (C=O) groups excluding carboxylic acids is 1. The average Bonchev–Trinajstić information content (AvgIpc) is 2.79. The Morgan fingerprint density at radius 3 is 2.47 bits per heavy atom. The molecule has 2 aliphatic rings. The molecule has 1 heterocycles. The molecule has 30 heavy (non-hydrogen) atoms. The van der Waals surface area contributed by atoms with Crippen molar-refractivity contribution in [3.8, 4) is 5.75 Å². The molecule has 0 aromatic heterocycles. The van der Waals surface area contributed by atoms with E-state index in [4.69, 9.17) is 4.74 Å². The van der Waals surface area contributed by atoms with Crippen molar-refractivity contribution in [1.82, 2.24) is 4.31 Å². The smallest absolute Gasteiger partial charge is 0.243 e. The molecule has 1 fully saturated rings. The number of nitrogens with zero attached hydrogens (tertiary/aromatic N) is 1. The molecule has 0 saturated heterocycles. The minimum absolute atomic E-state index is 0.0670. The summed E-state index contributed by atoms with van der Waals surface area (Å²) in [6.45, 7) is 0.335. The summed E-state index contributed by atoms with van der Waals surface area (Å²) < 4.78 is 33.1. The summed E-state index contributed by atoms with van der Waals surface area (Å²) in [4.78, 5) is 12.9. The number of sulfonamides is 1. The molecule has 0 unspecified atom stereocenters. The third kappa shape index (κ3) is 4.37. The van der Waals surface area contributed by atoms with E-state index in [9.17, 15) is 13.2 Å². The molecule has 4 rings (SSSR count). The van der Waals surface area contributed by atoms with Crippen LogP contribution in [0.25, 0.3) is 0 Å². The number of carbonyl (C=O) groups is 1. The lowest BCUT2D eigenvalue weighted by atomic mass is 9.96. The molecule has 1 N–H and O–H groups in total. The lowest BCUT2D eigenvalue weighted by molar-refractivity contribution is -0.121. The monoisotopic (exact) mass is 428 g/mol. The number of fused-ring (bicyclic) bond motifs is 1. The highest BCUT2D eigenvalue weighted by atomic mass is 32.2. The highest BCUT2D eigenvalue weighted by Gasteiger charge is 2.29. The van der Waals surface area contributed by atoms with Crippen LogP contribution < -0.4 is 10.1 Å². The number of rotatable bonds is 5. The molecule has 0 spiro atoms. The first-order valence-electron chi connectivity index (χ1n) is 10.5. The molecule has 160 valence electrons. The topological polar surface area (TPSA) is 75.7 Å². The zero-order chi connectivity index (χ0) is 21.1. The Kier molecular flexibility index (Phi) is 6.11. The van der Waals surface area contributed by atoms with Crippen molar-refractivity contribution in [3.63, 3.8) is 0 Å². The van der Waals surface area contributed by atoms with E-state index >= 15 is 0 Å². The van der Waals surface area contributed by atoms with Gasteiger partial charge in [-0.25, -0.2) is 8.42 Å². The molecular formula is C23H28N2O4S.